The van der Waals surface area contributed by atoms with Crippen molar-refractivity contribution in [1.29, 1.82) is 0 Å². The number of methoxy groups -OCH3 is 1. The molecule has 0 amide bonds. The minimum atomic E-state index is -0.844. The maximum absolute atomic E-state index is 11.9. The summed E-state index contributed by atoms with van der Waals surface area (Å²) in [5, 5.41) is 9.75. The average molecular weight is 297 g/mol. The Hall–Kier alpha value is -2.33. The second-order valence-corrected chi connectivity index (χ2v) is 5.47. The maximum atomic E-state index is 11.9. The molecule has 1 heterocycles. The Bertz CT molecular complexity index is 684. The molecule has 0 aromatic heterocycles. The third-order valence-electron chi connectivity index (χ3n) is 4.19. The number of carboxylic acid groups (broad SMARTS) is 1. The summed E-state index contributed by atoms with van der Waals surface area (Å²) >= 11 is 0. The Morgan fingerprint density at radius 2 is 1.82 bits per heavy atom. The zero-order chi connectivity index (χ0) is 15.5. The lowest BCUT2D eigenvalue weighted by atomic mass is 9.96. The van der Waals surface area contributed by atoms with Gasteiger partial charge < -0.3 is 9.84 Å². The highest BCUT2D eigenvalue weighted by Gasteiger charge is 2.31. The molecule has 4 heteroatoms. The molecule has 1 unspecified atom stereocenters. The molecular weight excluding hydrogens is 278 g/mol. The minimum Gasteiger partial charge on any atom is -0.496 e. The van der Waals surface area contributed by atoms with Gasteiger partial charge in [0.25, 0.3) is 0 Å². The van der Waals surface area contributed by atoms with E-state index in [2.05, 4.69) is 12.1 Å². The topological polar surface area (TPSA) is 49.8 Å². The summed E-state index contributed by atoms with van der Waals surface area (Å²) in [5.41, 5.74) is 3.22. The Kier molecular flexibility index (Phi) is 4.11. The van der Waals surface area contributed by atoms with Crippen LogP contribution in [0.2, 0.25) is 0 Å². The predicted molar refractivity (Wildman–Crippen MR) is 83.9 cm³/mol. The van der Waals surface area contributed by atoms with E-state index in [1.54, 1.807) is 7.11 Å². The monoisotopic (exact) mass is 297 g/mol. The summed E-state index contributed by atoms with van der Waals surface area (Å²) in [4.78, 5) is 13.9. The van der Waals surface area contributed by atoms with Gasteiger partial charge in [0.15, 0.2) is 0 Å². The van der Waals surface area contributed by atoms with Crippen LogP contribution in [0, 0.1) is 0 Å². The number of hydrogen-bond acceptors (Lipinski definition) is 3. The van der Waals surface area contributed by atoms with Crippen molar-refractivity contribution in [3.63, 3.8) is 0 Å². The van der Waals surface area contributed by atoms with Crippen molar-refractivity contribution in [3.05, 3.63) is 65.2 Å². The van der Waals surface area contributed by atoms with Gasteiger partial charge in [-0.15, -0.1) is 0 Å². The number of ether oxygens (including phenoxy) is 1. The molecule has 1 atom stereocenters. The summed E-state index contributed by atoms with van der Waals surface area (Å²) in [5.74, 6) is -0.224. The fraction of sp³-hybridized carbons (Fsp3) is 0.278. The van der Waals surface area contributed by atoms with Crippen molar-refractivity contribution in [1.82, 2.24) is 4.90 Å². The van der Waals surface area contributed by atoms with Crippen LogP contribution in [-0.2, 0) is 17.8 Å². The van der Waals surface area contributed by atoms with E-state index in [-0.39, 0.29) is 0 Å². The average Bonchev–Trinajstić information content (AvgIpc) is 2.55. The molecule has 0 radical (unpaired) electrons. The molecule has 0 saturated heterocycles. The summed E-state index contributed by atoms with van der Waals surface area (Å²) in [6.45, 7) is 1.37. The second-order valence-electron chi connectivity index (χ2n) is 5.47. The molecule has 114 valence electrons. The van der Waals surface area contributed by atoms with Crippen LogP contribution in [-0.4, -0.2) is 29.6 Å². The van der Waals surface area contributed by atoms with E-state index < -0.39 is 12.0 Å². The zero-order valence-electron chi connectivity index (χ0n) is 12.5. The summed E-state index contributed by atoms with van der Waals surface area (Å²) in [7, 11) is 1.57. The lowest BCUT2D eigenvalue weighted by molar-refractivity contribution is -0.144. The Balaban J connectivity index is 1.95. The van der Waals surface area contributed by atoms with Crippen LogP contribution in [0.5, 0.6) is 5.75 Å². The number of carboxylic acids is 1. The van der Waals surface area contributed by atoms with Crippen LogP contribution in [0.15, 0.2) is 48.5 Å². The zero-order valence-corrected chi connectivity index (χ0v) is 12.5. The molecule has 0 bridgehead atoms. The van der Waals surface area contributed by atoms with Gasteiger partial charge in [-0.3, -0.25) is 9.69 Å². The molecule has 1 aliphatic rings. The Morgan fingerprint density at radius 1 is 1.14 bits per heavy atom. The van der Waals surface area contributed by atoms with Gasteiger partial charge in [0.05, 0.1) is 7.11 Å². The van der Waals surface area contributed by atoms with E-state index in [1.165, 1.54) is 11.1 Å². The standard InChI is InChI=1S/C18H19NO3/c1-22-16-9-5-4-8-15(16)17(18(20)21)19-11-10-13-6-2-3-7-14(13)12-19/h2-9,17H,10-12H2,1H3,(H,20,21). The molecule has 22 heavy (non-hydrogen) atoms. The van der Waals surface area contributed by atoms with Crippen LogP contribution in [0.4, 0.5) is 0 Å². The van der Waals surface area contributed by atoms with Crippen molar-refractivity contribution in [2.24, 2.45) is 0 Å². The smallest absolute Gasteiger partial charge is 0.325 e. The third kappa shape index (κ3) is 2.70. The third-order valence-corrected chi connectivity index (χ3v) is 4.19. The fourth-order valence-corrected chi connectivity index (χ4v) is 3.12. The highest BCUT2D eigenvalue weighted by atomic mass is 16.5. The highest BCUT2D eigenvalue weighted by Crippen LogP contribution is 2.33. The summed E-state index contributed by atoms with van der Waals surface area (Å²) in [6.07, 6.45) is 0.870. The SMILES string of the molecule is COc1ccccc1C(C(=O)O)N1CCc2ccccc2C1. The van der Waals surface area contributed by atoms with Gasteiger partial charge in [-0.1, -0.05) is 42.5 Å². The molecule has 4 nitrogen and oxygen atoms in total. The largest absolute Gasteiger partial charge is 0.496 e. The number of nitrogens with zero attached hydrogens (tertiary/aromatic N) is 1. The van der Waals surface area contributed by atoms with Gasteiger partial charge in [0.2, 0.25) is 0 Å². The quantitative estimate of drug-likeness (QED) is 0.942. The van der Waals surface area contributed by atoms with E-state index >= 15 is 0 Å². The van der Waals surface area contributed by atoms with E-state index in [0.717, 1.165) is 13.0 Å². The van der Waals surface area contributed by atoms with Gasteiger partial charge in [-0.05, 0) is 23.6 Å². The Morgan fingerprint density at radius 3 is 2.55 bits per heavy atom. The second kappa shape index (κ2) is 6.20. The predicted octanol–water partition coefficient (Wildman–Crippen LogP) is 2.88. The van der Waals surface area contributed by atoms with Gasteiger partial charge >= 0.3 is 5.97 Å². The molecule has 2 aromatic rings. The number of para-hydroxylation sites is 1. The first-order valence-corrected chi connectivity index (χ1v) is 7.37. The summed E-state index contributed by atoms with van der Waals surface area (Å²) in [6, 6.07) is 14.9. The molecule has 2 aromatic carbocycles. The number of carbonyl (C=O) groups is 1. The number of benzene rings is 2. The van der Waals surface area contributed by atoms with E-state index in [9.17, 15) is 9.90 Å². The number of aliphatic carboxylic acids is 1. The molecular formula is C18H19NO3. The highest BCUT2D eigenvalue weighted by molar-refractivity contribution is 5.76. The molecule has 0 fully saturated rings. The number of rotatable bonds is 4. The van der Waals surface area contributed by atoms with Crippen LogP contribution in [0.1, 0.15) is 22.7 Å². The van der Waals surface area contributed by atoms with Gasteiger partial charge in [0.1, 0.15) is 11.8 Å². The molecule has 3 rings (SSSR count). The molecule has 0 saturated carbocycles. The van der Waals surface area contributed by atoms with Crippen molar-refractivity contribution in [2.45, 2.75) is 19.0 Å². The van der Waals surface area contributed by atoms with Crippen LogP contribution >= 0.6 is 0 Å². The van der Waals surface area contributed by atoms with E-state index in [1.807, 2.05) is 41.3 Å². The number of fused-ring (bicyclic) bond motifs is 1. The molecule has 0 aliphatic carbocycles. The van der Waals surface area contributed by atoms with E-state index in [0.29, 0.717) is 17.9 Å². The summed E-state index contributed by atoms with van der Waals surface area (Å²) < 4.78 is 5.35. The Labute approximate surface area is 130 Å². The van der Waals surface area contributed by atoms with Gasteiger partial charge in [0, 0.05) is 18.7 Å². The first-order chi connectivity index (χ1) is 10.7. The van der Waals surface area contributed by atoms with Crippen molar-refractivity contribution < 1.29 is 14.6 Å². The fourth-order valence-electron chi connectivity index (χ4n) is 3.12. The van der Waals surface area contributed by atoms with Crippen LogP contribution < -0.4 is 4.74 Å². The lowest BCUT2D eigenvalue weighted by Crippen LogP contribution is -2.38. The first-order valence-electron chi connectivity index (χ1n) is 7.37. The molecule has 1 N–H and O–H groups in total. The minimum absolute atomic E-state index is 0.619. The maximum Gasteiger partial charge on any atom is 0.325 e. The van der Waals surface area contributed by atoms with Gasteiger partial charge in [-0.2, -0.15) is 0 Å². The van der Waals surface area contributed by atoms with Crippen molar-refractivity contribution in [3.8, 4) is 5.75 Å². The number of hydrogen-bond donors (Lipinski definition) is 1. The first kappa shape index (κ1) is 14.6. The molecule has 0 spiro atoms. The van der Waals surface area contributed by atoms with Crippen LogP contribution in [0.25, 0.3) is 0 Å². The van der Waals surface area contributed by atoms with Crippen molar-refractivity contribution >= 4 is 5.97 Å². The molecule has 1 aliphatic heterocycles. The van der Waals surface area contributed by atoms with Crippen LogP contribution in [0.3, 0.4) is 0 Å². The normalized spacial score (nSPS) is 15.9. The lowest BCUT2D eigenvalue weighted by Gasteiger charge is -2.34. The van der Waals surface area contributed by atoms with Crippen molar-refractivity contribution in [2.75, 3.05) is 13.7 Å². The van der Waals surface area contributed by atoms with E-state index in [4.69, 9.17) is 4.74 Å². The van der Waals surface area contributed by atoms with Gasteiger partial charge in [-0.25, -0.2) is 0 Å².